The molecule has 1 aromatic carbocycles. The minimum absolute atomic E-state index is 0.00442. The van der Waals surface area contributed by atoms with Crippen molar-refractivity contribution in [1.82, 2.24) is 15.6 Å². The Kier molecular flexibility index (Phi) is 12.0. The summed E-state index contributed by atoms with van der Waals surface area (Å²) in [6, 6.07) is 5.07. The summed E-state index contributed by atoms with van der Waals surface area (Å²) >= 11 is 0. The van der Waals surface area contributed by atoms with E-state index in [2.05, 4.69) is 15.6 Å². The van der Waals surface area contributed by atoms with E-state index in [4.69, 9.17) is 9.15 Å². The van der Waals surface area contributed by atoms with Crippen molar-refractivity contribution in [2.24, 2.45) is 11.8 Å². The maximum atomic E-state index is 13.5. The second-order valence-electron chi connectivity index (χ2n) is 10.9. The number of aliphatic hydroxyl groups is 1. The number of esters is 1. The molecule has 2 amide bonds. The van der Waals surface area contributed by atoms with Crippen LogP contribution in [0.5, 0.6) is 5.75 Å². The fourth-order valence-electron chi connectivity index (χ4n) is 4.56. The number of nitrogens with one attached hydrogen (secondary N) is 2. The summed E-state index contributed by atoms with van der Waals surface area (Å²) in [6.45, 7) is 7.60. The normalized spacial score (nSPS) is 26.0. The molecule has 11 nitrogen and oxygen atoms in total. The molecule has 0 aliphatic carbocycles. The zero-order valence-electron chi connectivity index (χ0n) is 24.8. The number of ether oxygens (including phenoxy) is 1. The molecule has 1 aliphatic heterocycles. The molecular weight excluding hydrogens is 554 g/mol. The molecule has 0 saturated heterocycles. The van der Waals surface area contributed by atoms with Crippen molar-refractivity contribution in [2.45, 2.75) is 65.2 Å². The van der Waals surface area contributed by atoms with Gasteiger partial charge in [-0.3, -0.25) is 14.4 Å². The molecule has 0 radical (unpaired) electrons. The highest BCUT2D eigenvalue weighted by molar-refractivity contribution is 5.95. The van der Waals surface area contributed by atoms with Gasteiger partial charge in [0.15, 0.2) is 5.69 Å². The average Bonchev–Trinajstić information content (AvgIpc) is 3.41. The van der Waals surface area contributed by atoms with E-state index >= 15 is 0 Å². The van der Waals surface area contributed by atoms with Crippen molar-refractivity contribution in [3.8, 4) is 5.75 Å². The zero-order valence-corrected chi connectivity index (χ0v) is 24.8. The van der Waals surface area contributed by atoms with Crippen LogP contribution in [0.1, 0.15) is 56.1 Å². The second-order valence-corrected chi connectivity index (χ2v) is 10.9. The summed E-state index contributed by atoms with van der Waals surface area (Å²) in [5, 5.41) is 25.3. The standard InChI is InChI=1S/C32H39N3O8/c1-19(2)30-21(4)7-12-28(39)33-13-5-6-20(3)14-24(37)16-25(38)17-29-34-27(18-42-29)31(40)35-26(32(41)43-30)15-22-8-10-23(36)11-9-22/h5-12,14,18-19,21,24,26,30,36-37H,13,15-17H2,1-4H3,(H,33,39)(H,35,40)/b6-5+,12-7+,20-14+. The van der Waals surface area contributed by atoms with Crippen LogP contribution in [0.4, 0.5) is 0 Å². The lowest BCUT2D eigenvalue weighted by Gasteiger charge is -2.28. The van der Waals surface area contributed by atoms with E-state index in [1.54, 1.807) is 37.3 Å². The van der Waals surface area contributed by atoms with Gasteiger partial charge in [0, 0.05) is 25.3 Å². The van der Waals surface area contributed by atoms with Crippen LogP contribution in [0, 0.1) is 11.8 Å². The van der Waals surface area contributed by atoms with Gasteiger partial charge in [0.2, 0.25) is 11.8 Å². The van der Waals surface area contributed by atoms with Gasteiger partial charge in [-0.2, -0.15) is 0 Å². The minimum atomic E-state index is -1.13. The number of rotatable bonds is 3. The topological polar surface area (TPSA) is 168 Å². The fourth-order valence-corrected chi connectivity index (χ4v) is 4.56. The molecule has 0 saturated carbocycles. The number of hydrogen-bond acceptors (Lipinski definition) is 9. The molecular formula is C32H39N3O8. The lowest BCUT2D eigenvalue weighted by Crippen LogP contribution is -2.46. The zero-order chi connectivity index (χ0) is 31.5. The van der Waals surface area contributed by atoms with Crippen LogP contribution in [0.15, 0.2) is 70.9 Å². The van der Waals surface area contributed by atoms with Crippen molar-refractivity contribution >= 4 is 23.6 Å². The average molecular weight is 594 g/mol. The largest absolute Gasteiger partial charge is 0.508 e. The summed E-state index contributed by atoms with van der Waals surface area (Å²) in [7, 11) is 0. The Hall–Kier alpha value is -4.51. The van der Waals surface area contributed by atoms with Gasteiger partial charge in [-0.15, -0.1) is 0 Å². The van der Waals surface area contributed by atoms with Crippen LogP contribution in [-0.2, 0) is 32.0 Å². The summed E-state index contributed by atoms with van der Waals surface area (Å²) < 4.78 is 11.2. The number of hydrogen-bond donors (Lipinski definition) is 4. The van der Waals surface area contributed by atoms with Crippen LogP contribution in [-0.4, -0.2) is 63.6 Å². The molecule has 2 aromatic rings. The fraction of sp³-hybridized carbons (Fsp3) is 0.406. The lowest BCUT2D eigenvalue weighted by atomic mass is 9.94. The van der Waals surface area contributed by atoms with E-state index in [9.17, 15) is 29.4 Å². The Morgan fingerprint density at radius 2 is 1.81 bits per heavy atom. The number of carbonyl (C=O) groups excluding carboxylic acids is 4. The van der Waals surface area contributed by atoms with Gasteiger partial charge < -0.3 is 30.0 Å². The van der Waals surface area contributed by atoms with Crippen LogP contribution < -0.4 is 10.6 Å². The van der Waals surface area contributed by atoms with Crippen molar-refractivity contribution in [2.75, 3.05) is 6.54 Å². The number of benzene rings is 1. The summed E-state index contributed by atoms with van der Waals surface area (Å²) in [5.41, 5.74) is 1.23. The molecule has 4 unspecified atom stereocenters. The summed E-state index contributed by atoms with van der Waals surface area (Å²) in [5.74, 6) is -2.49. The molecule has 11 heteroatoms. The first-order valence-corrected chi connectivity index (χ1v) is 14.2. The number of carbonyl (C=O) groups is 4. The van der Waals surface area contributed by atoms with E-state index in [0.29, 0.717) is 11.1 Å². The van der Waals surface area contributed by atoms with Gasteiger partial charge in [-0.1, -0.05) is 62.8 Å². The Morgan fingerprint density at radius 3 is 2.51 bits per heavy atom. The van der Waals surface area contributed by atoms with E-state index in [0.717, 1.165) is 6.26 Å². The molecule has 3 rings (SSSR count). The monoisotopic (exact) mass is 593 g/mol. The summed E-state index contributed by atoms with van der Waals surface area (Å²) in [4.78, 5) is 55.6. The molecule has 1 aromatic heterocycles. The van der Waals surface area contributed by atoms with Crippen LogP contribution in [0.2, 0.25) is 0 Å². The number of aliphatic hydroxyl groups excluding tert-OH is 1. The number of phenols is 1. The third kappa shape index (κ3) is 10.7. The van der Waals surface area contributed by atoms with Crippen molar-refractivity contribution in [3.63, 3.8) is 0 Å². The number of Topliss-reactive ketones (excluding diaryl/α,β-unsaturated/α-hetero) is 1. The molecule has 0 fully saturated rings. The number of aromatic nitrogens is 1. The quantitative estimate of drug-likeness (QED) is 0.391. The Bertz CT molecular complexity index is 1370. The first-order chi connectivity index (χ1) is 20.4. The number of phenolic OH excluding ortho intramolecular Hbond substituents is 1. The van der Waals surface area contributed by atoms with Crippen molar-refractivity contribution in [1.29, 1.82) is 0 Å². The highest BCUT2D eigenvalue weighted by Gasteiger charge is 2.30. The van der Waals surface area contributed by atoms with Gasteiger partial charge in [0.05, 0.1) is 12.5 Å². The lowest BCUT2D eigenvalue weighted by molar-refractivity contribution is -0.155. The van der Waals surface area contributed by atoms with E-state index < -0.39 is 30.1 Å². The van der Waals surface area contributed by atoms with E-state index in [1.165, 1.54) is 24.3 Å². The third-order valence-corrected chi connectivity index (χ3v) is 6.74. The highest BCUT2D eigenvalue weighted by atomic mass is 16.5. The van der Waals surface area contributed by atoms with Gasteiger partial charge >= 0.3 is 5.97 Å². The molecule has 43 heavy (non-hydrogen) atoms. The molecule has 4 atom stereocenters. The van der Waals surface area contributed by atoms with Gasteiger partial charge in [-0.05, 0) is 36.6 Å². The number of cyclic esters (lactones) is 1. The predicted octanol–water partition coefficient (Wildman–Crippen LogP) is 2.98. The molecule has 230 valence electrons. The van der Waals surface area contributed by atoms with Crippen LogP contribution in [0.3, 0.4) is 0 Å². The van der Waals surface area contributed by atoms with E-state index in [1.807, 2.05) is 20.8 Å². The molecule has 0 spiro atoms. The maximum Gasteiger partial charge on any atom is 0.329 e. The number of amides is 2. The Labute approximate surface area is 250 Å². The Morgan fingerprint density at radius 1 is 1.09 bits per heavy atom. The maximum absolute atomic E-state index is 13.5. The van der Waals surface area contributed by atoms with Gasteiger partial charge in [0.25, 0.3) is 5.91 Å². The molecule has 4 N–H and O–H groups in total. The van der Waals surface area contributed by atoms with Gasteiger partial charge in [-0.25, -0.2) is 9.78 Å². The molecule has 1 aliphatic rings. The van der Waals surface area contributed by atoms with Crippen molar-refractivity contribution in [3.05, 3.63) is 83.6 Å². The number of allylic oxidation sites excluding steroid dienone is 2. The third-order valence-electron chi connectivity index (χ3n) is 6.74. The van der Waals surface area contributed by atoms with Crippen LogP contribution >= 0.6 is 0 Å². The number of ketones is 1. The number of nitrogens with zero attached hydrogens (tertiary/aromatic N) is 1. The van der Waals surface area contributed by atoms with Crippen LogP contribution in [0.25, 0.3) is 0 Å². The SMILES string of the molecule is CC1=C\C(O)CC(=O)Cc2nc(co2)C(=O)NC(Cc2ccc(O)cc2)C(=O)OC(C(C)C)C(C)/C=C/C(=O)NC\C=C\1. The van der Waals surface area contributed by atoms with Gasteiger partial charge in [0.1, 0.15) is 29.9 Å². The second kappa shape index (κ2) is 15.6. The first-order valence-electron chi connectivity index (χ1n) is 14.2. The first kappa shape index (κ1) is 33.0. The molecule has 2 heterocycles. The highest BCUT2D eigenvalue weighted by Crippen LogP contribution is 2.20. The summed E-state index contributed by atoms with van der Waals surface area (Å²) in [6.07, 6.45) is 7.09. The Balaban J connectivity index is 1.91. The number of oxazole rings is 1. The minimum Gasteiger partial charge on any atom is -0.508 e. The van der Waals surface area contributed by atoms with E-state index in [-0.39, 0.29) is 66.7 Å². The van der Waals surface area contributed by atoms with Crippen molar-refractivity contribution < 1.29 is 38.5 Å². The number of fused-ring (bicyclic) bond motifs is 2. The predicted molar refractivity (Wildman–Crippen MR) is 158 cm³/mol. The smallest absolute Gasteiger partial charge is 0.329 e. The number of aromatic hydroxyl groups is 1. The molecule has 2 bridgehead atoms.